The molecule has 2 aliphatic rings. The molecule has 0 radical (unpaired) electrons. The van der Waals surface area contributed by atoms with Gasteiger partial charge in [-0.05, 0) is 43.2 Å². The summed E-state index contributed by atoms with van der Waals surface area (Å²) in [6.45, 7) is 8.75. The van der Waals surface area contributed by atoms with Gasteiger partial charge in [-0.3, -0.25) is 4.79 Å². The first-order valence-corrected chi connectivity index (χ1v) is 6.19. The average Bonchev–Trinajstić information content (AvgIpc) is 2.56. The van der Waals surface area contributed by atoms with Crippen molar-refractivity contribution >= 4 is 5.78 Å². The molecule has 0 aromatic rings. The molecule has 0 aromatic carbocycles. The van der Waals surface area contributed by atoms with Crippen molar-refractivity contribution in [1.29, 1.82) is 0 Å². The Kier molecular flexibility index (Phi) is 2.89. The van der Waals surface area contributed by atoms with Crippen LogP contribution in [0.1, 0.15) is 40.0 Å². The highest BCUT2D eigenvalue weighted by atomic mass is 16.1. The number of Topliss-reactive ketones (excluding diaryl/α,β-unsaturated/α-hetero) is 1. The first-order chi connectivity index (χ1) is 6.96. The van der Waals surface area contributed by atoms with Crippen LogP contribution in [0, 0.1) is 23.2 Å². The molecule has 2 nitrogen and oxygen atoms in total. The van der Waals surface area contributed by atoms with Crippen molar-refractivity contribution in [2.45, 2.75) is 40.0 Å². The molecule has 86 valence electrons. The average molecular weight is 209 g/mol. The molecule has 15 heavy (non-hydrogen) atoms. The van der Waals surface area contributed by atoms with Crippen LogP contribution in [0.3, 0.4) is 0 Å². The normalized spacial score (nSPS) is 35.5. The van der Waals surface area contributed by atoms with Gasteiger partial charge in [-0.2, -0.15) is 0 Å². The van der Waals surface area contributed by atoms with Crippen LogP contribution in [0.25, 0.3) is 0 Å². The fourth-order valence-corrected chi connectivity index (χ4v) is 3.10. The van der Waals surface area contributed by atoms with Gasteiger partial charge in [0.05, 0.1) is 0 Å². The van der Waals surface area contributed by atoms with Crippen LogP contribution in [-0.2, 0) is 4.79 Å². The van der Waals surface area contributed by atoms with Gasteiger partial charge in [-0.15, -0.1) is 0 Å². The van der Waals surface area contributed by atoms with Crippen molar-refractivity contribution in [2.75, 3.05) is 13.1 Å². The Morgan fingerprint density at radius 3 is 2.20 bits per heavy atom. The van der Waals surface area contributed by atoms with Gasteiger partial charge in [0.15, 0.2) is 0 Å². The predicted octanol–water partition coefficient (Wildman–Crippen LogP) is 2.24. The molecule has 0 aromatic heterocycles. The maximum Gasteiger partial charge on any atom is 0.136 e. The van der Waals surface area contributed by atoms with Gasteiger partial charge in [-0.1, -0.05) is 20.8 Å². The van der Waals surface area contributed by atoms with Crippen molar-refractivity contribution in [3.05, 3.63) is 0 Å². The Labute approximate surface area is 92.8 Å². The standard InChI is InChI=1S/C13H23NO/c1-13(2,3)6-12(15)9-4-10-7-14-8-11(10)5-9/h9-11,14H,4-8H2,1-3H3. The van der Waals surface area contributed by atoms with Gasteiger partial charge in [0.1, 0.15) is 5.78 Å². The molecule has 1 aliphatic heterocycles. The smallest absolute Gasteiger partial charge is 0.136 e. The summed E-state index contributed by atoms with van der Waals surface area (Å²) in [4.78, 5) is 12.1. The van der Waals surface area contributed by atoms with Gasteiger partial charge in [0.25, 0.3) is 0 Å². The van der Waals surface area contributed by atoms with Crippen molar-refractivity contribution in [3.63, 3.8) is 0 Å². The fraction of sp³-hybridized carbons (Fsp3) is 0.923. The topological polar surface area (TPSA) is 29.1 Å². The van der Waals surface area contributed by atoms with Gasteiger partial charge in [0.2, 0.25) is 0 Å². The molecule has 0 spiro atoms. The summed E-state index contributed by atoms with van der Waals surface area (Å²) in [5.74, 6) is 2.47. The van der Waals surface area contributed by atoms with E-state index < -0.39 is 0 Å². The number of hydrogen-bond acceptors (Lipinski definition) is 2. The van der Waals surface area contributed by atoms with E-state index in [2.05, 4.69) is 26.1 Å². The van der Waals surface area contributed by atoms with Gasteiger partial charge < -0.3 is 5.32 Å². The molecule has 2 unspecified atom stereocenters. The quantitative estimate of drug-likeness (QED) is 0.755. The lowest BCUT2D eigenvalue weighted by molar-refractivity contribution is -0.124. The van der Waals surface area contributed by atoms with Crippen LogP contribution in [0.5, 0.6) is 0 Å². The van der Waals surface area contributed by atoms with Crippen molar-refractivity contribution < 1.29 is 4.79 Å². The lowest BCUT2D eigenvalue weighted by Gasteiger charge is -2.20. The first-order valence-electron chi connectivity index (χ1n) is 6.19. The molecule has 1 aliphatic carbocycles. The van der Waals surface area contributed by atoms with Gasteiger partial charge in [0, 0.05) is 12.3 Å². The summed E-state index contributed by atoms with van der Waals surface area (Å²) < 4.78 is 0. The molecule has 2 rings (SSSR count). The van der Waals surface area contributed by atoms with Crippen molar-refractivity contribution in [3.8, 4) is 0 Å². The van der Waals surface area contributed by atoms with E-state index in [1.54, 1.807) is 0 Å². The van der Waals surface area contributed by atoms with Crippen molar-refractivity contribution in [1.82, 2.24) is 5.32 Å². The van der Waals surface area contributed by atoms with E-state index in [9.17, 15) is 4.79 Å². The molecule has 1 heterocycles. The summed E-state index contributed by atoms with van der Waals surface area (Å²) in [6, 6.07) is 0. The third-order valence-electron chi connectivity index (χ3n) is 3.81. The first kappa shape index (κ1) is 11.1. The highest BCUT2D eigenvalue weighted by Crippen LogP contribution is 2.40. The minimum atomic E-state index is 0.160. The summed E-state index contributed by atoms with van der Waals surface area (Å²) in [6.07, 6.45) is 3.05. The number of carbonyl (C=O) groups excluding carboxylic acids is 1. The third kappa shape index (κ3) is 2.60. The molecule has 1 saturated carbocycles. The molecule has 2 heteroatoms. The van der Waals surface area contributed by atoms with Crippen LogP contribution >= 0.6 is 0 Å². The summed E-state index contributed by atoms with van der Waals surface area (Å²) in [5, 5.41) is 3.42. The second kappa shape index (κ2) is 3.89. The lowest BCUT2D eigenvalue weighted by atomic mass is 9.85. The van der Waals surface area contributed by atoms with Crippen LogP contribution in [0.4, 0.5) is 0 Å². The largest absolute Gasteiger partial charge is 0.316 e. The Bertz CT molecular complexity index is 242. The Hall–Kier alpha value is -0.370. The maximum atomic E-state index is 12.1. The highest BCUT2D eigenvalue weighted by molar-refractivity contribution is 5.81. The van der Waals surface area contributed by atoms with E-state index in [1.165, 1.54) is 0 Å². The molecular formula is C13H23NO. The molecule has 1 saturated heterocycles. The van der Waals surface area contributed by atoms with E-state index in [-0.39, 0.29) is 5.41 Å². The van der Waals surface area contributed by atoms with E-state index in [0.29, 0.717) is 11.7 Å². The molecule has 2 atom stereocenters. The zero-order chi connectivity index (χ0) is 11.1. The number of nitrogens with one attached hydrogen (secondary N) is 1. The van der Waals surface area contributed by atoms with E-state index in [0.717, 1.165) is 44.2 Å². The van der Waals surface area contributed by atoms with E-state index in [4.69, 9.17) is 0 Å². The second-order valence-corrected chi connectivity index (χ2v) is 6.55. The SMILES string of the molecule is CC(C)(C)CC(=O)C1CC2CNCC2C1. The summed E-state index contributed by atoms with van der Waals surface area (Å²) in [5.41, 5.74) is 0.160. The molecule has 0 bridgehead atoms. The number of rotatable bonds is 2. The number of ketones is 1. The molecule has 0 amide bonds. The van der Waals surface area contributed by atoms with Crippen LogP contribution < -0.4 is 5.32 Å². The molecule has 1 N–H and O–H groups in total. The van der Waals surface area contributed by atoms with Crippen LogP contribution in [0.15, 0.2) is 0 Å². The third-order valence-corrected chi connectivity index (χ3v) is 3.81. The van der Waals surface area contributed by atoms with E-state index in [1.807, 2.05) is 0 Å². The second-order valence-electron chi connectivity index (χ2n) is 6.55. The number of fused-ring (bicyclic) bond motifs is 1. The number of hydrogen-bond donors (Lipinski definition) is 1. The Morgan fingerprint density at radius 2 is 1.73 bits per heavy atom. The van der Waals surface area contributed by atoms with Crippen molar-refractivity contribution in [2.24, 2.45) is 23.2 Å². The zero-order valence-electron chi connectivity index (χ0n) is 10.2. The van der Waals surface area contributed by atoms with Crippen LogP contribution in [0.2, 0.25) is 0 Å². The summed E-state index contributed by atoms with van der Waals surface area (Å²) in [7, 11) is 0. The fourth-order valence-electron chi connectivity index (χ4n) is 3.10. The van der Waals surface area contributed by atoms with E-state index >= 15 is 0 Å². The minimum absolute atomic E-state index is 0.160. The maximum absolute atomic E-state index is 12.1. The van der Waals surface area contributed by atoms with Gasteiger partial charge >= 0.3 is 0 Å². The molecule has 2 fully saturated rings. The highest BCUT2D eigenvalue weighted by Gasteiger charge is 2.40. The minimum Gasteiger partial charge on any atom is -0.316 e. The monoisotopic (exact) mass is 209 g/mol. The number of carbonyl (C=O) groups is 1. The predicted molar refractivity (Wildman–Crippen MR) is 61.7 cm³/mol. The summed E-state index contributed by atoms with van der Waals surface area (Å²) >= 11 is 0. The zero-order valence-corrected chi connectivity index (χ0v) is 10.2. The lowest BCUT2D eigenvalue weighted by Crippen LogP contribution is -2.21. The molecular weight excluding hydrogens is 186 g/mol. The Morgan fingerprint density at radius 1 is 1.20 bits per heavy atom. The Balaban J connectivity index is 1.88. The van der Waals surface area contributed by atoms with Crippen LogP contribution in [-0.4, -0.2) is 18.9 Å². The van der Waals surface area contributed by atoms with Gasteiger partial charge in [-0.25, -0.2) is 0 Å².